The minimum absolute atomic E-state index is 0.00328. The predicted octanol–water partition coefficient (Wildman–Crippen LogP) is 14.4. The molecule has 4 saturated heterocycles. The molecule has 4 aliphatic heterocycles. The zero-order chi connectivity index (χ0) is 95.0. The average Bonchev–Trinajstić information content (AvgIpc) is 0.823. The summed E-state index contributed by atoms with van der Waals surface area (Å²) in [5.41, 5.74) is 1.58. The van der Waals surface area contributed by atoms with Crippen molar-refractivity contribution in [3.63, 3.8) is 0 Å². The van der Waals surface area contributed by atoms with Gasteiger partial charge in [0.25, 0.3) is 20.3 Å². The fraction of sp³-hybridized carbons (Fsp3) is 0.385. The molecule has 3 aliphatic carbocycles. The molecule has 15 rings (SSSR count). The minimum Gasteiger partial charge on any atom is -0.493 e. The molecule has 7 aliphatic rings. The maximum absolute atomic E-state index is 13.0. The van der Waals surface area contributed by atoms with E-state index < -0.39 is 163 Å². The Labute approximate surface area is 745 Å². The number of ether oxygens (including phenoxy) is 9. The number of hydrogen-bond acceptors (Lipinski definition) is 37. The summed E-state index contributed by atoms with van der Waals surface area (Å²) in [5, 5.41) is 30.6. The fourth-order valence-electron chi connectivity index (χ4n) is 13.1. The van der Waals surface area contributed by atoms with Crippen molar-refractivity contribution in [2.45, 2.75) is 181 Å². The van der Waals surface area contributed by atoms with Gasteiger partial charge in [-0.25, -0.2) is 19.2 Å². The molecule has 0 spiro atoms. The van der Waals surface area contributed by atoms with Crippen molar-refractivity contribution >= 4 is 85.4 Å². The van der Waals surface area contributed by atoms with Gasteiger partial charge < -0.3 is 102 Å². The Kier molecular flexibility index (Phi) is 32.0. The molecule has 8 aromatic rings. The number of benzene rings is 4. The van der Waals surface area contributed by atoms with E-state index in [1.54, 1.807) is 26.8 Å². The second-order valence-corrected chi connectivity index (χ2v) is 48.0. The Morgan fingerprint density at radius 1 is 0.366 bits per heavy atom. The molecule has 7 fully saturated rings. The van der Waals surface area contributed by atoms with Crippen LogP contribution in [-0.2, 0) is 117 Å². The van der Waals surface area contributed by atoms with E-state index in [4.69, 9.17) is 78.8 Å². The summed E-state index contributed by atoms with van der Waals surface area (Å²) in [7, 11) is -39.7. The quantitative estimate of drug-likeness (QED) is 0.0138. The molecule has 8 heterocycles. The molecule has 0 amide bonds. The van der Waals surface area contributed by atoms with Crippen molar-refractivity contribution in [3.8, 4) is 28.7 Å². The van der Waals surface area contributed by atoms with Crippen molar-refractivity contribution in [1.29, 1.82) is 0 Å². The molecule has 12 N–H and O–H groups in total. The third-order valence-electron chi connectivity index (χ3n) is 20.7. The number of rotatable bonds is 21. The van der Waals surface area contributed by atoms with E-state index in [0.29, 0.717) is 5.56 Å². The Morgan fingerprint density at radius 3 is 0.954 bits per heavy atom. The maximum Gasteiger partial charge on any atom is 0.514 e. The summed E-state index contributed by atoms with van der Waals surface area (Å²) in [6, 6.07) is 30.6. The van der Waals surface area contributed by atoms with E-state index in [-0.39, 0.29) is 91.6 Å². The van der Waals surface area contributed by atoms with Gasteiger partial charge in [0.05, 0.1) is 18.8 Å². The zero-order valence-electron chi connectivity index (χ0n) is 69.4. The summed E-state index contributed by atoms with van der Waals surface area (Å²) in [6.07, 6.45) is 4.87. The Morgan fingerprint density at radius 2 is 0.656 bits per heavy atom. The van der Waals surface area contributed by atoms with Gasteiger partial charge in [-0.15, -0.1) is 0 Å². The van der Waals surface area contributed by atoms with Crippen LogP contribution in [-0.4, -0.2) is 156 Å². The first-order chi connectivity index (χ1) is 61.6. The topological polar surface area (TPSA) is 656 Å². The van der Waals surface area contributed by atoms with E-state index >= 15 is 0 Å². The lowest BCUT2D eigenvalue weighted by Crippen LogP contribution is -2.38. The smallest absolute Gasteiger partial charge is 0.493 e. The normalized spacial score (nSPS) is 31.6. The van der Waals surface area contributed by atoms with Crippen LogP contribution in [0.4, 0.5) is 19.2 Å². The number of aryl methyl sites for hydroxylation is 1. The molecule has 8 atom stereocenters. The van der Waals surface area contributed by atoms with Crippen LogP contribution in [0.1, 0.15) is 153 Å². The Balaban J connectivity index is 0.000000158. The highest BCUT2D eigenvalue weighted by molar-refractivity contribution is 7.75. The summed E-state index contributed by atoms with van der Waals surface area (Å²) < 4.78 is 189. The van der Waals surface area contributed by atoms with Gasteiger partial charge in [-0.1, -0.05) is 60.2 Å². The first kappa shape index (κ1) is 101. The van der Waals surface area contributed by atoms with E-state index in [1.165, 1.54) is 184 Å². The van der Waals surface area contributed by atoms with Gasteiger partial charge in [-0.05, 0) is 186 Å². The van der Waals surface area contributed by atoms with Crippen molar-refractivity contribution in [2.24, 2.45) is 0 Å². The van der Waals surface area contributed by atoms with Crippen molar-refractivity contribution in [2.75, 3.05) is 7.11 Å². The molecule has 8 unspecified atom stereocenters. The fourth-order valence-corrected chi connectivity index (χ4v) is 27.4. The predicted molar refractivity (Wildman–Crippen MR) is 448 cm³/mol. The van der Waals surface area contributed by atoms with E-state index in [2.05, 4.69) is 19.9 Å². The number of aromatic nitrogens is 4. The molecular weight excluding hydrogens is 1900 g/mol. The molecule has 708 valence electrons. The van der Waals surface area contributed by atoms with Crippen LogP contribution in [0.3, 0.4) is 0 Å². The monoisotopic (exact) mass is 1990 g/mol. The highest BCUT2D eigenvalue weighted by atomic mass is 31.3. The minimum atomic E-state index is -5.19. The van der Waals surface area contributed by atoms with Gasteiger partial charge in [0, 0.05) is 91.9 Å². The third-order valence-corrected chi connectivity index (χ3v) is 39.1. The second kappa shape index (κ2) is 41.3. The maximum atomic E-state index is 13.0. The van der Waals surface area contributed by atoms with Crippen LogP contribution in [0.5, 0.6) is 28.7 Å². The van der Waals surface area contributed by atoms with Crippen LogP contribution >= 0.6 is 60.8 Å². The molecule has 4 aromatic carbocycles. The molecule has 45 nitrogen and oxygen atoms in total. The average molecular weight is 1990 g/mol. The van der Waals surface area contributed by atoms with Crippen LogP contribution in [0, 0.1) is 6.92 Å². The van der Waals surface area contributed by atoms with Crippen LogP contribution in [0.15, 0.2) is 183 Å². The van der Waals surface area contributed by atoms with Gasteiger partial charge in [0.1, 0.15) is 35.6 Å². The number of carbonyl (C=O) groups excluding carboxylic acids is 4. The molecular formula is C78H90N4O41P8. The summed E-state index contributed by atoms with van der Waals surface area (Å²) in [6.45, 7) is 4.88. The molecule has 0 radical (unpaired) electrons. The van der Waals surface area contributed by atoms with Crippen LogP contribution in [0.25, 0.3) is 0 Å². The highest BCUT2D eigenvalue weighted by Gasteiger charge is 2.71. The van der Waals surface area contributed by atoms with Gasteiger partial charge in [-0.3, -0.25) is 92.6 Å². The van der Waals surface area contributed by atoms with Crippen molar-refractivity contribution < 1.29 is 194 Å². The molecule has 4 aromatic heterocycles. The first-order valence-corrected chi connectivity index (χ1v) is 52.3. The second-order valence-electron chi connectivity index (χ2n) is 30.6. The van der Waals surface area contributed by atoms with Crippen molar-refractivity contribution in [1.82, 2.24) is 19.9 Å². The van der Waals surface area contributed by atoms with E-state index in [1.807, 2.05) is 0 Å². The summed E-state index contributed by atoms with van der Waals surface area (Å²) in [4.78, 5) is 146. The Hall–Kier alpha value is -8.60. The number of pyridine rings is 4. The molecule has 3 saturated carbocycles. The Bertz CT molecular complexity index is 5710. The van der Waals surface area contributed by atoms with Gasteiger partial charge in [0.15, 0.2) is 11.5 Å². The van der Waals surface area contributed by atoms with E-state index in [9.17, 15) is 115 Å². The highest BCUT2D eigenvalue weighted by Crippen LogP contribution is 2.83. The molecule has 0 bridgehead atoms. The van der Waals surface area contributed by atoms with Crippen LogP contribution in [0.2, 0.25) is 0 Å². The summed E-state index contributed by atoms with van der Waals surface area (Å²) in [5.74, 6) is 0.0705. The number of carbonyl (C=O) groups is 4. The lowest BCUT2D eigenvalue weighted by atomic mass is 9.96. The standard InChI is InChI=1S/C20H23NO11P2.C20H23NO10P2.C19H21NO10P2.C19H23NO10P2/c1-28-17-10-14(7-8-16(17)30-19(22)29-15-5-2-6-15)18-31-33(24,25)20(23,34(26,27)32-18)11-13-4-3-9-21-12-13;22-19(28-16-5-1-2-6-16)29-17-9-7-15(8-10-17)18-30-32(24,25)20(23,33(26,27)31-18)12-14-4-3-11-21-13-14;21-18(27-15-4-1-5-15)28-16-8-6-14(7-9-16)17-29-31(23,24)19(22,32(25,26)30-17)11-13-3-2-10-20-12-13;1-12(2)27-18(21)28-16-7-6-13(3)9-15(16)17-29-31(23,24)19(22,32(25,26)30-17)10-14-5-4-8-20-11-14/h3-4,7-10,12,15,18,23H,2,5-6,11H2,1H3,(H,24,25)(H,26,27);3-4,7-11,13,16,18,23H,1-2,5-6,12H2,(H,24,25)(H,26,27);2-3,6-10,12,15,17,22H,1,4-5,11H2,(H,23,24)(H,25,26);4-9,11-12,17,22H,10H2,1-3H3,(H,23,24)(H,25,26). The third kappa shape index (κ3) is 23.7. The van der Waals surface area contributed by atoms with Crippen molar-refractivity contribution in [3.05, 3.63) is 233 Å². The first-order valence-electron chi connectivity index (χ1n) is 39.7. The largest absolute Gasteiger partial charge is 0.514 e. The van der Waals surface area contributed by atoms with E-state index in [0.717, 1.165) is 64.2 Å². The summed E-state index contributed by atoms with van der Waals surface area (Å²) >= 11 is 0. The lowest BCUT2D eigenvalue weighted by molar-refractivity contribution is -0.0595. The SMILES string of the molecule is COc1cc(C2OP(=O)(O)C(O)(Cc3cccnc3)P(=O)(O)O2)ccc1OC(=O)OC1CCC1.Cc1ccc(OC(=O)OC(C)C)c(C2OP(=O)(O)C(O)(Cc3cccnc3)P(=O)(O)O2)c1.O=C(Oc1ccc(C2OP(=O)(O)C(O)(Cc3cccnc3)P(=O)(O)O2)cc1)OC1CCC1.O=C(Oc1ccc(C2OP(=O)(O)C(O)(Cc3cccnc3)P(=O)(O)O2)cc1)OC1CCCC1. The van der Waals surface area contributed by atoms with Gasteiger partial charge >= 0.3 is 85.4 Å². The van der Waals surface area contributed by atoms with Gasteiger partial charge in [0.2, 0.25) is 25.2 Å². The number of methoxy groups -OCH3 is 1. The zero-order valence-corrected chi connectivity index (χ0v) is 76.6. The number of hydrogen-bond donors (Lipinski definition) is 12. The number of aliphatic hydroxyl groups is 4. The lowest BCUT2D eigenvalue weighted by Gasteiger charge is -2.41. The van der Waals surface area contributed by atoms with Gasteiger partial charge in [-0.2, -0.15) is 0 Å². The van der Waals surface area contributed by atoms with Crippen LogP contribution < -0.4 is 23.7 Å². The molecule has 53 heteroatoms. The number of nitrogens with zero attached hydrogens (tertiary/aromatic N) is 4. The molecule has 131 heavy (non-hydrogen) atoms.